The molecule has 8 heteroatoms. The summed E-state index contributed by atoms with van der Waals surface area (Å²) >= 11 is 18.8. The second-order valence-corrected chi connectivity index (χ2v) is 10.3. The highest BCUT2D eigenvalue weighted by atomic mass is 35.5. The summed E-state index contributed by atoms with van der Waals surface area (Å²) in [7, 11) is 0. The van der Waals surface area contributed by atoms with Gasteiger partial charge >= 0.3 is 0 Å². The smallest absolute Gasteiger partial charge is 0.270 e. The first-order chi connectivity index (χ1) is 15.5. The van der Waals surface area contributed by atoms with Crippen LogP contribution in [0.2, 0.25) is 10.0 Å². The topological polar surface area (TPSA) is 32.8 Å². The maximum Gasteiger partial charge on any atom is 0.270 e. The summed E-state index contributed by atoms with van der Waals surface area (Å²) in [4.78, 5) is 17.6. The first kappa shape index (κ1) is 23.6. The van der Waals surface area contributed by atoms with Crippen molar-refractivity contribution in [1.82, 2.24) is 4.90 Å². The number of ether oxygens (including phenoxy) is 1. The number of amides is 1. The maximum atomic E-state index is 13.0. The molecular weight excluding hydrogens is 483 g/mol. The Balaban J connectivity index is 1.34. The summed E-state index contributed by atoms with van der Waals surface area (Å²) in [6.07, 6.45) is 6.76. The molecule has 2 aromatic rings. The fourth-order valence-corrected chi connectivity index (χ4v) is 5.40. The molecule has 0 unspecified atom stereocenters. The second kappa shape index (κ2) is 11.0. The Bertz CT molecular complexity index is 1020. The molecule has 2 aliphatic heterocycles. The minimum absolute atomic E-state index is 0.152. The van der Waals surface area contributed by atoms with E-state index in [9.17, 15) is 4.79 Å². The third-order valence-electron chi connectivity index (χ3n) is 5.47. The van der Waals surface area contributed by atoms with Crippen LogP contribution in [0.1, 0.15) is 31.2 Å². The Hall–Kier alpha value is -1.57. The molecule has 0 spiro atoms. The molecule has 32 heavy (non-hydrogen) atoms. The van der Waals surface area contributed by atoms with E-state index in [1.165, 1.54) is 44.1 Å². The van der Waals surface area contributed by atoms with Crippen LogP contribution >= 0.6 is 47.2 Å². The standard InChI is InChI=1S/C24H24Cl2N2O2S2/c25-20-10-5-17(15-21(20)26)16-22-23(29)28(24(31)32-22)18-6-8-19(9-7-18)30-14-4-13-27-11-2-1-3-12-27/h5-10,15-16H,1-4,11-14H2. The van der Waals surface area contributed by atoms with E-state index in [0.29, 0.717) is 25.9 Å². The van der Waals surface area contributed by atoms with Crippen molar-refractivity contribution in [2.24, 2.45) is 0 Å². The zero-order valence-corrected chi connectivity index (χ0v) is 20.7. The number of halogens is 2. The van der Waals surface area contributed by atoms with Gasteiger partial charge in [-0.1, -0.05) is 59.7 Å². The van der Waals surface area contributed by atoms with Gasteiger partial charge in [-0.05, 0) is 80.4 Å². The van der Waals surface area contributed by atoms with Gasteiger partial charge in [-0.15, -0.1) is 0 Å². The van der Waals surface area contributed by atoms with E-state index in [1.807, 2.05) is 30.3 Å². The van der Waals surface area contributed by atoms with Crippen molar-refractivity contribution in [1.29, 1.82) is 0 Å². The van der Waals surface area contributed by atoms with Gasteiger partial charge < -0.3 is 9.64 Å². The number of hydrogen-bond donors (Lipinski definition) is 0. The fourth-order valence-electron chi connectivity index (χ4n) is 3.80. The summed E-state index contributed by atoms with van der Waals surface area (Å²) in [6.45, 7) is 4.18. The Morgan fingerprint density at radius 2 is 1.78 bits per heavy atom. The summed E-state index contributed by atoms with van der Waals surface area (Å²) in [6, 6.07) is 12.8. The highest BCUT2D eigenvalue weighted by Crippen LogP contribution is 2.37. The fraction of sp³-hybridized carbons (Fsp3) is 0.333. The summed E-state index contributed by atoms with van der Waals surface area (Å²) in [5.41, 5.74) is 1.53. The third kappa shape index (κ3) is 5.86. The number of thiocarbonyl (C=S) groups is 1. The Kier molecular flexibility index (Phi) is 8.13. The van der Waals surface area contributed by atoms with Gasteiger partial charge in [0.05, 0.1) is 27.2 Å². The Labute approximate surface area is 208 Å². The third-order valence-corrected chi connectivity index (χ3v) is 7.51. The molecule has 0 radical (unpaired) electrons. The van der Waals surface area contributed by atoms with Crippen LogP contribution in [0, 0.1) is 0 Å². The lowest BCUT2D eigenvalue weighted by Crippen LogP contribution is -2.31. The van der Waals surface area contributed by atoms with Crippen molar-refractivity contribution < 1.29 is 9.53 Å². The Morgan fingerprint density at radius 3 is 2.50 bits per heavy atom. The van der Waals surface area contributed by atoms with E-state index >= 15 is 0 Å². The molecule has 4 nitrogen and oxygen atoms in total. The molecule has 0 bridgehead atoms. The predicted octanol–water partition coefficient (Wildman–Crippen LogP) is 6.65. The molecule has 2 saturated heterocycles. The van der Waals surface area contributed by atoms with Crippen LogP contribution in [0.3, 0.4) is 0 Å². The Morgan fingerprint density at radius 1 is 1.03 bits per heavy atom. The van der Waals surface area contributed by atoms with Crippen molar-refractivity contribution in [3.63, 3.8) is 0 Å². The SMILES string of the molecule is O=C1C(=Cc2ccc(Cl)c(Cl)c2)SC(=S)N1c1ccc(OCCCN2CCCCC2)cc1. The van der Waals surface area contributed by atoms with Crippen molar-refractivity contribution in [3.8, 4) is 5.75 Å². The molecular formula is C24H24Cl2N2O2S2. The largest absolute Gasteiger partial charge is 0.494 e. The summed E-state index contributed by atoms with van der Waals surface area (Å²) in [5, 5.41) is 0.924. The van der Waals surface area contributed by atoms with Gasteiger partial charge in [0.1, 0.15) is 5.75 Å². The molecule has 2 aliphatic rings. The zero-order chi connectivity index (χ0) is 22.5. The van der Waals surface area contributed by atoms with E-state index in [0.717, 1.165) is 30.0 Å². The van der Waals surface area contributed by atoms with Crippen molar-refractivity contribution >= 4 is 69.2 Å². The number of thioether (sulfide) groups is 1. The summed E-state index contributed by atoms with van der Waals surface area (Å²) in [5.74, 6) is 0.644. The van der Waals surface area contributed by atoms with E-state index in [2.05, 4.69) is 4.90 Å². The maximum absolute atomic E-state index is 13.0. The molecule has 1 amide bonds. The summed E-state index contributed by atoms with van der Waals surface area (Å²) < 4.78 is 6.38. The van der Waals surface area contributed by atoms with Gasteiger partial charge in [0.2, 0.25) is 0 Å². The van der Waals surface area contributed by atoms with Crippen LogP contribution in [0.5, 0.6) is 5.75 Å². The van der Waals surface area contributed by atoms with Crippen molar-refractivity contribution in [3.05, 3.63) is 63.0 Å². The molecule has 0 aromatic heterocycles. The lowest BCUT2D eigenvalue weighted by Gasteiger charge is -2.26. The van der Waals surface area contributed by atoms with Crippen LogP contribution in [0.25, 0.3) is 6.08 Å². The molecule has 4 rings (SSSR count). The zero-order valence-electron chi connectivity index (χ0n) is 17.6. The monoisotopic (exact) mass is 506 g/mol. The lowest BCUT2D eigenvalue weighted by molar-refractivity contribution is -0.113. The minimum Gasteiger partial charge on any atom is -0.494 e. The van der Waals surface area contributed by atoms with Crippen LogP contribution in [0.15, 0.2) is 47.4 Å². The number of carbonyl (C=O) groups is 1. The minimum atomic E-state index is -0.152. The number of nitrogens with zero attached hydrogens (tertiary/aromatic N) is 2. The average Bonchev–Trinajstić information content (AvgIpc) is 3.08. The number of hydrogen-bond acceptors (Lipinski definition) is 5. The number of benzene rings is 2. The second-order valence-electron chi connectivity index (χ2n) is 7.79. The number of rotatable bonds is 7. The van der Waals surface area contributed by atoms with Crippen LogP contribution in [-0.4, -0.2) is 41.4 Å². The number of likely N-dealkylation sites (tertiary alicyclic amines) is 1. The van der Waals surface area contributed by atoms with Crippen LogP contribution in [0.4, 0.5) is 5.69 Å². The van der Waals surface area contributed by atoms with Gasteiger partial charge in [-0.2, -0.15) is 0 Å². The van der Waals surface area contributed by atoms with Gasteiger partial charge in [0, 0.05) is 6.54 Å². The van der Waals surface area contributed by atoms with E-state index in [1.54, 1.807) is 23.1 Å². The normalized spacial score (nSPS) is 18.6. The molecule has 2 heterocycles. The van der Waals surface area contributed by atoms with Crippen molar-refractivity contribution in [2.45, 2.75) is 25.7 Å². The van der Waals surface area contributed by atoms with E-state index in [-0.39, 0.29) is 5.91 Å². The quantitative estimate of drug-likeness (QED) is 0.238. The van der Waals surface area contributed by atoms with Crippen LogP contribution in [-0.2, 0) is 4.79 Å². The van der Waals surface area contributed by atoms with E-state index in [4.69, 9.17) is 40.2 Å². The molecule has 168 valence electrons. The highest BCUT2D eigenvalue weighted by molar-refractivity contribution is 8.27. The highest BCUT2D eigenvalue weighted by Gasteiger charge is 2.33. The first-order valence-corrected chi connectivity index (χ1v) is 12.7. The molecule has 2 fully saturated rings. The van der Waals surface area contributed by atoms with Gasteiger partial charge in [0.15, 0.2) is 4.32 Å². The molecule has 0 saturated carbocycles. The van der Waals surface area contributed by atoms with Crippen LogP contribution < -0.4 is 9.64 Å². The lowest BCUT2D eigenvalue weighted by atomic mass is 10.1. The van der Waals surface area contributed by atoms with E-state index < -0.39 is 0 Å². The number of carbonyl (C=O) groups excluding carboxylic acids is 1. The first-order valence-electron chi connectivity index (χ1n) is 10.7. The van der Waals surface area contributed by atoms with Gasteiger partial charge in [-0.3, -0.25) is 9.69 Å². The number of anilines is 1. The molecule has 0 atom stereocenters. The average molecular weight is 508 g/mol. The molecule has 2 aromatic carbocycles. The predicted molar refractivity (Wildman–Crippen MR) is 139 cm³/mol. The van der Waals surface area contributed by atoms with Crippen molar-refractivity contribution in [2.75, 3.05) is 31.1 Å². The van der Waals surface area contributed by atoms with Gasteiger partial charge in [0.25, 0.3) is 5.91 Å². The number of piperidine rings is 1. The van der Waals surface area contributed by atoms with Gasteiger partial charge in [-0.25, -0.2) is 0 Å². The molecule has 0 N–H and O–H groups in total. The molecule has 0 aliphatic carbocycles.